The zero-order valence-electron chi connectivity index (χ0n) is 21.6. The summed E-state index contributed by atoms with van der Waals surface area (Å²) in [5.74, 6) is 1.07. The predicted molar refractivity (Wildman–Crippen MR) is 141 cm³/mol. The molecule has 1 unspecified atom stereocenters. The number of carbonyl (C=O) groups is 2. The summed E-state index contributed by atoms with van der Waals surface area (Å²) in [6.45, 7) is 9.74. The highest BCUT2D eigenvalue weighted by molar-refractivity contribution is 6.69. The molecule has 1 aliphatic heterocycles. The molecule has 0 aromatic heterocycles. The van der Waals surface area contributed by atoms with Gasteiger partial charge >= 0.3 is 0 Å². The molecule has 2 aromatic carbocycles. The molecule has 4 rings (SSSR count). The molecule has 2 atom stereocenters. The van der Waals surface area contributed by atoms with Gasteiger partial charge in [-0.25, -0.2) is 0 Å². The average molecular weight is 494 g/mol. The van der Waals surface area contributed by atoms with E-state index in [-0.39, 0.29) is 23.8 Å². The minimum Gasteiger partial charge on any atom is -0.493 e. The lowest BCUT2D eigenvalue weighted by Crippen LogP contribution is -2.39. The van der Waals surface area contributed by atoms with Gasteiger partial charge in [0.05, 0.1) is 23.8 Å². The van der Waals surface area contributed by atoms with Crippen LogP contribution in [0.4, 0.5) is 0 Å². The second-order valence-corrected chi connectivity index (χ2v) is 15.4. The van der Waals surface area contributed by atoms with Crippen molar-refractivity contribution in [3.8, 4) is 5.75 Å². The van der Waals surface area contributed by atoms with Gasteiger partial charge in [0.15, 0.2) is 8.32 Å². The molecule has 2 amide bonds. The number of benzene rings is 2. The number of rotatable bonds is 10. The molecule has 2 aromatic rings. The molecule has 0 N–H and O–H groups in total. The van der Waals surface area contributed by atoms with E-state index in [1.165, 1.54) is 37.0 Å². The van der Waals surface area contributed by atoms with Gasteiger partial charge in [0, 0.05) is 12.5 Å². The second-order valence-electron chi connectivity index (χ2n) is 11.0. The van der Waals surface area contributed by atoms with Crippen LogP contribution in [0.2, 0.25) is 19.6 Å². The van der Waals surface area contributed by atoms with E-state index in [2.05, 4.69) is 38.7 Å². The van der Waals surface area contributed by atoms with Crippen LogP contribution in [0.3, 0.4) is 0 Å². The molecule has 0 spiro atoms. The van der Waals surface area contributed by atoms with E-state index < -0.39 is 8.32 Å². The number of nitrogens with zero attached hydrogens (tertiary/aromatic N) is 1. The predicted octanol–water partition coefficient (Wildman–Crippen LogP) is 6.86. The standard InChI is InChI=1S/C29H39NO4Si/c1-5-22(19-30-28(31)25-16-9-10-17-26(25)29(30)32)27(34-35(2,3)4)23-14-11-15-24(18-23)33-20-21-12-7-6-8-13-21/h9-11,14-18,21-22,27H,5-8,12-13,19-20H2,1-4H3/t22?,27-/m1/s1. The Kier molecular flexibility index (Phi) is 8.12. The first kappa shape index (κ1) is 25.6. The van der Waals surface area contributed by atoms with Crippen molar-refractivity contribution in [1.82, 2.24) is 4.90 Å². The van der Waals surface area contributed by atoms with Crippen molar-refractivity contribution in [1.29, 1.82) is 0 Å². The highest BCUT2D eigenvalue weighted by Crippen LogP contribution is 2.36. The molecule has 188 valence electrons. The third-order valence-electron chi connectivity index (χ3n) is 7.13. The average Bonchev–Trinajstić information content (AvgIpc) is 3.10. The molecule has 35 heavy (non-hydrogen) atoms. The fourth-order valence-corrected chi connectivity index (χ4v) is 6.34. The van der Waals surface area contributed by atoms with Crippen molar-refractivity contribution in [3.63, 3.8) is 0 Å². The minimum absolute atomic E-state index is 0.0162. The van der Waals surface area contributed by atoms with E-state index in [0.29, 0.717) is 23.6 Å². The van der Waals surface area contributed by atoms with Crippen LogP contribution in [0.5, 0.6) is 5.75 Å². The topological polar surface area (TPSA) is 55.8 Å². The number of hydrogen-bond acceptors (Lipinski definition) is 4. The van der Waals surface area contributed by atoms with Crippen LogP contribution in [-0.4, -0.2) is 38.2 Å². The largest absolute Gasteiger partial charge is 0.493 e. The zero-order valence-corrected chi connectivity index (χ0v) is 22.6. The van der Waals surface area contributed by atoms with Gasteiger partial charge in [0.2, 0.25) is 0 Å². The number of hydrogen-bond donors (Lipinski definition) is 0. The molecule has 0 saturated heterocycles. The van der Waals surface area contributed by atoms with Gasteiger partial charge in [-0.1, -0.05) is 50.5 Å². The summed E-state index contributed by atoms with van der Waals surface area (Å²) in [6.07, 6.45) is 7.02. The molecule has 1 fully saturated rings. The Bertz CT molecular complexity index is 1010. The lowest BCUT2D eigenvalue weighted by atomic mass is 9.90. The molecule has 2 aliphatic rings. The summed E-state index contributed by atoms with van der Waals surface area (Å²) in [5, 5.41) is 0. The maximum absolute atomic E-state index is 13.0. The smallest absolute Gasteiger partial charge is 0.261 e. The Morgan fingerprint density at radius 2 is 1.60 bits per heavy atom. The van der Waals surface area contributed by atoms with E-state index in [1.54, 1.807) is 24.3 Å². The normalized spacial score (nSPS) is 18.5. The van der Waals surface area contributed by atoms with Crippen LogP contribution in [0.15, 0.2) is 48.5 Å². The van der Waals surface area contributed by atoms with E-state index in [4.69, 9.17) is 9.16 Å². The van der Waals surface area contributed by atoms with E-state index in [1.807, 2.05) is 12.1 Å². The molecule has 1 aliphatic carbocycles. The summed E-state index contributed by atoms with van der Waals surface area (Å²) in [6, 6.07) is 15.3. The fourth-order valence-electron chi connectivity index (χ4n) is 5.24. The minimum atomic E-state index is -1.93. The molecule has 1 heterocycles. The lowest BCUT2D eigenvalue weighted by molar-refractivity contribution is 0.0535. The Hall–Kier alpha value is -2.44. The summed E-state index contributed by atoms with van der Waals surface area (Å²) in [7, 11) is -1.93. The van der Waals surface area contributed by atoms with Crippen molar-refractivity contribution >= 4 is 20.1 Å². The Balaban J connectivity index is 1.54. The first-order valence-electron chi connectivity index (χ1n) is 13.1. The van der Waals surface area contributed by atoms with Crippen LogP contribution < -0.4 is 4.74 Å². The molecule has 1 saturated carbocycles. The SMILES string of the molecule is CCC(CN1C(=O)c2ccccc2C1=O)[C@@H](O[Si](C)(C)C)c1cccc(OCC2CCCCC2)c1. The molecule has 0 radical (unpaired) electrons. The molecule has 0 bridgehead atoms. The van der Waals surface area contributed by atoms with Gasteiger partial charge in [0.25, 0.3) is 11.8 Å². The Labute approximate surface area is 210 Å². The lowest BCUT2D eigenvalue weighted by Gasteiger charge is -2.34. The Morgan fingerprint density at radius 3 is 2.20 bits per heavy atom. The molecule has 5 nitrogen and oxygen atoms in total. The maximum atomic E-state index is 13.0. The van der Waals surface area contributed by atoms with Gasteiger partial charge in [-0.2, -0.15) is 0 Å². The van der Waals surface area contributed by atoms with Crippen molar-refractivity contribution in [2.45, 2.75) is 71.2 Å². The number of amides is 2. The van der Waals surface area contributed by atoms with E-state index in [9.17, 15) is 9.59 Å². The summed E-state index contributed by atoms with van der Waals surface area (Å²) >= 11 is 0. The summed E-state index contributed by atoms with van der Waals surface area (Å²) < 4.78 is 12.9. The highest BCUT2D eigenvalue weighted by atomic mass is 28.4. The number of fused-ring (bicyclic) bond motifs is 1. The van der Waals surface area contributed by atoms with Gasteiger partial charge in [-0.05, 0) is 74.7 Å². The van der Waals surface area contributed by atoms with Crippen molar-refractivity contribution < 1.29 is 18.8 Å². The number of ether oxygens (including phenoxy) is 1. The maximum Gasteiger partial charge on any atom is 0.261 e. The monoisotopic (exact) mass is 493 g/mol. The van der Waals surface area contributed by atoms with E-state index >= 15 is 0 Å². The first-order valence-corrected chi connectivity index (χ1v) is 16.5. The van der Waals surface area contributed by atoms with Crippen LogP contribution in [0.1, 0.15) is 77.8 Å². The number of imide groups is 1. The van der Waals surface area contributed by atoms with Gasteiger partial charge in [-0.3, -0.25) is 14.5 Å². The van der Waals surface area contributed by atoms with Crippen molar-refractivity contribution in [3.05, 3.63) is 65.2 Å². The number of carbonyl (C=O) groups excluding carboxylic acids is 2. The van der Waals surface area contributed by atoms with Crippen molar-refractivity contribution in [2.24, 2.45) is 11.8 Å². The second kappa shape index (κ2) is 11.1. The van der Waals surface area contributed by atoms with Crippen LogP contribution >= 0.6 is 0 Å². The van der Waals surface area contributed by atoms with Gasteiger partial charge < -0.3 is 9.16 Å². The van der Waals surface area contributed by atoms with Crippen molar-refractivity contribution in [2.75, 3.05) is 13.2 Å². The summed E-state index contributed by atoms with van der Waals surface area (Å²) in [4.78, 5) is 27.5. The quantitative estimate of drug-likeness (QED) is 0.268. The first-order chi connectivity index (χ1) is 16.8. The van der Waals surface area contributed by atoms with Gasteiger partial charge in [-0.15, -0.1) is 0 Å². The fraction of sp³-hybridized carbons (Fsp3) is 0.517. The van der Waals surface area contributed by atoms with Crippen LogP contribution in [0, 0.1) is 11.8 Å². The molecular weight excluding hydrogens is 454 g/mol. The third kappa shape index (κ3) is 6.22. The zero-order chi connectivity index (χ0) is 25.0. The van der Waals surface area contributed by atoms with Crippen LogP contribution in [0.25, 0.3) is 0 Å². The highest BCUT2D eigenvalue weighted by Gasteiger charge is 2.39. The molecule has 6 heteroatoms. The molecular formula is C29H39NO4Si. The summed E-state index contributed by atoms with van der Waals surface area (Å²) in [5.41, 5.74) is 2.04. The van der Waals surface area contributed by atoms with Crippen LogP contribution in [-0.2, 0) is 4.43 Å². The third-order valence-corrected chi connectivity index (χ3v) is 8.09. The Morgan fingerprint density at radius 1 is 0.943 bits per heavy atom. The van der Waals surface area contributed by atoms with Gasteiger partial charge in [0.1, 0.15) is 5.75 Å². The van der Waals surface area contributed by atoms with E-state index in [0.717, 1.165) is 24.3 Å².